The average molecular weight is 441 g/mol. The SMILES string of the molecule is CC(=O)Nc1ccnc(-c2ccnc3cnc(Nc4ccc(N5CCNCC5)nc4)nc23)c1. The third-order valence-electron chi connectivity index (χ3n) is 5.28. The molecule has 1 saturated heterocycles. The molecule has 5 rings (SSSR count). The fourth-order valence-electron chi connectivity index (χ4n) is 3.74. The van der Waals surface area contributed by atoms with Gasteiger partial charge in [0.2, 0.25) is 11.9 Å². The number of aromatic nitrogens is 5. The van der Waals surface area contributed by atoms with Crippen molar-refractivity contribution in [1.82, 2.24) is 30.2 Å². The lowest BCUT2D eigenvalue weighted by Gasteiger charge is -2.28. The maximum Gasteiger partial charge on any atom is 0.227 e. The van der Waals surface area contributed by atoms with Gasteiger partial charge in [-0.2, -0.15) is 0 Å². The van der Waals surface area contributed by atoms with Crippen molar-refractivity contribution in [3.63, 3.8) is 0 Å². The molecule has 10 nitrogen and oxygen atoms in total. The molecule has 0 unspecified atom stereocenters. The van der Waals surface area contributed by atoms with Gasteiger partial charge in [-0.05, 0) is 30.3 Å². The number of rotatable bonds is 5. The summed E-state index contributed by atoms with van der Waals surface area (Å²) in [5.41, 5.74) is 4.25. The summed E-state index contributed by atoms with van der Waals surface area (Å²) in [5.74, 6) is 1.25. The minimum Gasteiger partial charge on any atom is -0.354 e. The van der Waals surface area contributed by atoms with Gasteiger partial charge in [0, 0.05) is 56.7 Å². The molecule has 1 aliphatic rings. The third-order valence-corrected chi connectivity index (χ3v) is 5.28. The third kappa shape index (κ3) is 4.70. The van der Waals surface area contributed by atoms with Crippen LogP contribution in [0.2, 0.25) is 0 Å². The van der Waals surface area contributed by atoms with Crippen molar-refractivity contribution < 1.29 is 4.79 Å². The van der Waals surface area contributed by atoms with Crippen LogP contribution in [0.1, 0.15) is 6.92 Å². The van der Waals surface area contributed by atoms with Crippen LogP contribution in [0.5, 0.6) is 0 Å². The van der Waals surface area contributed by atoms with Crippen LogP contribution in [-0.2, 0) is 4.79 Å². The number of pyridine rings is 3. The lowest BCUT2D eigenvalue weighted by molar-refractivity contribution is -0.114. The first-order valence-corrected chi connectivity index (χ1v) is 10.7. The van der Waals surface area contributed by atoms with Crippen LogP contribution in [0.4, 0.5) is 23.1 Å². The fourth-order valence-corrected chi connectivity index (χ4v) is 3.74. The van der Waals surface area contributed by atoms with Crippen LogP contribution >= 0.6 is 0 Å². The van der Waals surface area contributed by atoms with Crippen LogP contribution in [0.15, 0.2) is 55.1 Å². The summed E-state index contributed by atoms with van der Waals surface area (Å²) in [7, 11) is 0. The van der Waals surface area contributed by atoms with Gasteiger partial charge in [-0.1, -0.05) is 0 Å². The standard InChI is InChI=1S/C23H23N9O/c1-15(33)29-16-4-6-25-19(12-16)18-5-7-26-20-14-28-23(31-22(18)20)30-17-2-3-21(27-13-17)32-10-8-24-9-11-32/h2-7,12-14,24H,8-11H2,1H3,(H,25,29,33)(H,28,30,31). The van der Waals surface area contributed by atoms with E-state index in [0.717, 1.165) is 43.2 Å². The van der Waals surface area contributed by atoms with Gasteiger partial charge in [0.15, 0.2) is 0 Å². The van der Waals surface area contributed by atoms with E-state index in [-0.39, 0.29) is 5.91 Å². The second-order valence-corrected chi connectivity index (χ2v) is 7.66. The van der Waals surface area contributed by atoms with E-state index in [1.54, 1.807) is 30.9 Å². The summed E-state index contributed by atoms with van der Waals surface area (Å²) in [5, 5.41) is 9.35. The zero-order valence-corrected chi connectivity index (χ0v) is 18.1. The van der Waals surface area contributed by atoms with Crippen molar-refractivity contribution in [3.8, 4) is 11.3 Å². The highest BCUT2D eigenvalue weighted by molar-refractivity contribution is 5.93. The van der Waals surface area contributed by atoms with E-state index in [1.807, 2.05) is 24.3 Å². The van der Waals surface area contributed by atoms with Crippen molar-refractivity contribution in [2.24, 2.45) is 0 Å². The number of amides is 1. The molecule has 0 saturated carbocycles. The second-order valence-electron chi connectivity index (χ2n) is 7.66. The molecule has 5 heterocycles. The van der Waals surface area contributed by atoms with Gasteiger partial charge in [-0.25, -0.2) is 15.0 Å². The second kappa shape index (κ2) is 9.13. The molecule has 10 heteroatoms. The molecule has 0 bridgehead atoms. The number of carbonyl (C=O) groups is 1. The first-order chi connectivity index (χ1) is 16.2. The van der Waals surface area contributed by atoms with E-state index in [1.165, 1.54) is 6.92 Å². The summed E-state index contributed by atoms with van der Waals surface area (Å²) >= 11 is 0. The van der Waals surface area contributed by atoms with Crippen LogP contribution < -0.4 is 20.9 Å². The summed E-state index contributed by atoms with van der Waals surface area (Å²) in [4.78, 5) is 36.2. The number of carbonyl (C=O) groups excluding carboxylic acids is 1. The summed E-state index contributed by atoms with van der Waals surface area (Å²) in [6, 6.07) is 9.37. The molecular weight excluding hydrogens is 418 g/mol. The Morgan fingerprint density at radius 1 is 0.970 bits per heavy atom. The Balaban J connectivity index is 1.42. The molecule has 0 spiro atoms. The zero-order chi connectivity index (χ0) is 22.6. The Morgan fingerprint density at radius 2 is 1.82 bits per heavy atom. The predicted molar refractivity (Wildman–Crippen MR) is 127 cm³/mol. The normalized spacial score (nSPS) is 13.7. The number of fused-ring (bicyclic) bond motifs is 1. The molecule has 3 N–H and O–H groups in total. The van der Waals surface area contributed by atoms with Crippen LogP contribution in [-0.4, -0.2) is 57.0 Å². The number of anilines is 4. The molecule has 1 fully saturated rings. The van der Waals surface area contributed by atoms with Gasteiger partial charge in [0.25, 0.3) is 0 Å². The van der Waals surface area contributed by atoms with Crippen molar-refractivity contribution in [2.45, 2.75) is 6.92 Å². The minimum atomic E-state index is -0.142. The highest BCUT2D eigenvalue weighted by atomic mass is 16.1. The molecule has 0 radical (unpaired) electrons. The van der Waals surface area contributed by atoms with E-state index in [2.05, 4.69) is 40.8 Å². The van der Waals surface area contributed by atoms with Crippen molar-refractivity contribution >= 4 is 40.1 Å². The lowest BCUT2D eigenvalue weighted by atomic mass is 10.1. The number of piperazine rings is 1. The first kappa shape index (κ1) is 20.7. The van der Waals surface area contributed by atoms with E-state index >= 15 is 0 Å². The molecule has 166 valence electrons. The molecule has 4 aromatic heterocycles. The quantitative estimate of drug-likeness (QED) is 0.429. The largest absolute Gasteiger partial charge is 0.354 e. The Labute approximate surface area is 190 Å². The highest BCUT2D eigenvalue weighted by Crippen LogP contribution is 2.27. The molecule has 0 atom stereocenters. The van der Waals surface area contributed by atoms with Crippen LogP contribution in [0.3, 0.4) is 0 Å². The number of hydrogen-bond acceptors (Lipinski definition) is 9. The first-order valence-electron chi connectivity index (χ1n) is 10.7. The van der Waals surface area contributed by atoms with E-state index < -0.39 is 0 Å². The molecule has 1 amide bonds. The number of nitrogens with zero attached hydrogens (tertiary/aromatic N) is 6. The number of nitrogens with one attached hydrogen (secondary N) is 3. The van der Waals surface area contributed by atoms with Gasteiger partial charge in [-0.3, -0.25) is 14.8 Å². The Bertz CT molecular complexity index is 1290. The van der Waals surface area contributed by atoms with E-state index in [9.17, 15) is 4.79 Å². The number of hydrogen-bond donors (Lipinski definition) is 3. The van der Waals surface area contributed by atoms with Gasteiger partial charge in [0.05, 0.1) is 23.8 Å². The van der Waals surface area contributed by atoms with Crippen LogP contribution in [0, 0.1) is 0 Å². The maximum atomic E-state index is 11.4. The van der Waals surface area contributed by atoms with Crippen molar-refractivity contribution in [3.05, 3.63) is 55.1 Å². The zero-order valence-electron chi connectivity index (χ0n) is 18.1. The molecule has 0 aliphatic carbocycles. The van der Waals surface area contributed by atoms with Gasteiger partial charge in [0.1, 0.15) is 16.9 Å². The van der Waals surface area contributed by atoms with Crippen LogP contribution in [0.25, 0.3) is 22.3 Å². The topological polar surface area (TPSA) is 121 Å². The van der Waals surface area contributed by atoms with Gasteiger partial charge in [-0.15, -0.1) is 0 Å². The summed E-state index contributed by atoms with van der Waals surface area (Å²) < 4.78 is 0. The van der Waals surface area contributed by atoms with Crippen molar-refractivity contribution in [1.29, 1.82) is 0 Å². The average Bonchev–Trinajstić information content (AvgIpc) is 2.84. The minimum absolute atomic E-state index is 0.142. The fraction of sp³-hybridized carbons (Fsp3) is 0.217. The summed E-state index contributed by atoms with van der Waals surface area (Å²) in [6.45, 7) is 5.29. The molecule has 1 aliphatic heterocycles. The Hall–Kier alpha value is -4.18. The summed E-state index contributed by atoms with van der Waals surface area (Å²) in [6.07, 6.45) is 6.81. The van der Waals surface area contributed by atoms with Gasteiger partial charge >= 0.3 is 0 Å². The Kier molecular flexibility index (Phi) is 5.73. The molecule has 0 aromatic carbocycles. The maximum absolute atomic E-state index is 11.4. The van der Waals surface area contributed by atoms with E-state index in [4.69, 9.17) is 4.98 Å². The monoisotopic (exact) mass is 441 g/mol. The molecule has 33 heavy (non-hydrogen) atoms. The lowest BCUT2D eigenvalue weighted by Crippen LogP contribution is -2.43. The van der Waals surface area contributed by atoms with Gasteiger partial charge < -0.3 is 20.9 Å². The van der Waals surface area contributed by atoms with E-state index in [0.29, 0.717) is 28.4 Å². The van der Waals surface area contributed by atoms with Crippen molar-refractivity contribution in [2.75, 3.05) is 41.7 Å². The highest BCUT2D eigenvalue weighted by Gasteiger charge is 2.13. The molecule has 4 aromatic rings. The smallest absolute Gasteiger partial charge is 0.227 e. The Morgan fingerprint density at radius 3 is 2.61 bits per heavy atom. The molecular formula is C23H23N9O. The predicted octanol–water partition coefficient (Wildman–Crippen LogP) is 2.59.